The van der Waals surface area contributed by atoms with Gasteiger partial charge in [-0.2, -0.15) is 5.10 Å². The lowest BCUT2D eigenvalue weighted by Crippen LogP contribution is -2.01. The zero-order valence-corrected chi connectivity index (χ0v) is 10.3. The molecule has 0 saturated heterocycles. The van der Waals surface area contributed by atoms with Gasteiger partial charge in [0.15, 0.2) is 5.65 Å². The molecule has 0 aliphatic heterocycles. The van der Waals surface area contributed by atoms with E-state index in [0.717, 1.165) is 40.2 Å². The highest BCUT2D eigenvalue weighted by molar-refractivity contribution is 6.36. The third-order valence-corrected chi connectivity index (χ3v) is 3.12. The van der Waals surface area contributed by atoms with Gasteiger partial charge in [0.25, 0.3) is 0 Å². The van der Waals surface area contributed by atoms with E-state index in [1.54, 1.807) is 4.68 Å². The summed E-state index contributed by atoms with van der Waals surface area (Å²) in [6.45, 7) is 2.61. The number of nitrogens with zero attached hydrogens (tertiary/aromatic N) is 3. The fourth-order valence-corrected chi connectivity index (χ4v) is 2.24. The molecular formula is C11H15ClN4. The van der Waals surface area contributed by atoms with Crippen LogP contribution in [0.3, 0.4) is 0 Å². The molecule has 4 nitrogen and oxygen atoms in total. The second kappa shape index (κ2) is 4.39. The lowest BCUT2D eigenvalue weighted by molar-refractivity contribution is 0.773. The van der Waals surface area contributed by atoms with Crippen LogP contribution in [0.1, 0.15) is 17.7 Å². The van der Waals surface area contributed by atoms with Gasteiger partial charge in [-0.1, -0.05) is 11.6 Å². The van der Waals surface area contributed by atoms with Gasteiger partial charge in [-0.25, -0.2) is 4.98 Å². The molecule has 0 saturated carbocycles. The predicted molar refractivity (Wildman–Crippen MR) is 65.6 cm³/mol. The van der Waals surface area contributed by atoms with Crippen molar-refractivity contribution in [2.75, 3.05) is 6.54 Å². The predicted octanol–water partition coefficient (Wildman–Crippen LogP) is 1.82. The molecule has 0 amide bonds. The van der Waals surface area contributed by atoms with E-state index in [4.69, 9.17) is 17.3 Å². The molecule has 0 aliphatic carbocycles. The van der Waals surface area contributed by atoms with Crippen LogP contribution in [-0.4, -0.2) is 21.3 Å². The maximum atomic E-state index is 6.36. The van der Waals surface area contributed by atoms with Crippen molar-refractivity contribution < 1.29 is 0 Å². The SMILES string of the molecule is Cc1nn(C)c2ncc(CCCN)c(Cl)c12. The van der Waals surface area contributed by atoms with Gasteiger partial charge in [0.1, 0.15) is 0 Å². The minimum Gasteiger partial charge on any atom is -0.330 e. The summed E-state index contributed by atoms with van der Waals surface area (Å²) < 4.78 is 1.75. The van der Waals surface area contributed by atoms with Crippen LogP contribution in [0.2, 0.25) is 5.02 Å². The molecule has 2 aromatic heterocycles. The first kappa shape index (κ1) is 11.4. The van der Waals surface area contributed by atoms with Gasteiger partial charge in [0.05, 0.1) is 16.1 Å². The standard InChI is InChI=1S/C11H15ClN4/c1-7-9-10(12)8(4-3-5-13)6-14-11(9)16(2)15-7/h6H,3-5,13H2,1-2H3. The van der Waals surface area contributed by atoms with Crippen molar-refractivity contribution in [1.29, 1.82) is 0 Å². The average molecular weight is 239 g/mol. The van der Waals surface area contributed by atoms with Crippen molar-refractivity contribution in [2.24, 2.45) is 12.8 Å². The molecule has 0 bridgehead atoms. The molecule has 0 unspecified atom stereocenters. The Morgan fingerprint density at radius 3 is 2.94 bits per heavy atom. The number of hydrogen-bond donors (Lipinski definition) is 1. The first-order valence-electron chi connectivity index (χ1n) is 5.32. The van der Waals surface area contributed by atoms with Crippen LogP contribution in [0.15, 0.2) is 6.20 Å². The lowest BCUT2D eigenvalue weighted by Gasteiger charge is -2.04. The summed E-state index contributed by atoms with van der Waals surface area (Å²) in [5.41, 5.74) is 8.30. The highest BCUT2D eigenvalue weighted by Gasteiger charge is 2.13. The Hall–Kier alpha value is -1.13. The normalized spacial score (nSPS) is 11.2. The monoisotopic (exact) mass is 238 g/mol. The van der Waals surface area contributed by atoms with Crippen LogP contribution >= 0.6 is 11.6 Å². The second-order valence-electron chi connectivity index (χ2n) is 3.90. The minimum atomic E-state index is 0.667. The Morgan fingerprint density at radius 1 is 1.50 bits per heavy atom. The van der Waals surface area contributed by atoms with Crippen LogP contribution in [0.5, 0.6) is 0 Å². The van der Waals surface area contributed by atoms with Crippen LogP contribution < -0.4 is 5.73 Å². The first-order valence-corrected chi connectivity index (χ1v) is 5.69. The van der Waals surface area contributed by atoms with Crippen molar-refractivity contribution in [1.82, 2.24) is 14.8 Å². The zero-order chi connectivity index (χ0) is 11.7. The lowest BCUT2D eigenvalue weighted by atomic mass is 10.1. The van der Waals surface area contributed by atoms with Crippen molar-refractivity contribution in [3.63, 3.8) is 0 Å². The van der Waals surface area contributed by atoms with Crippen LogP contribution in [0, 0.1) is 6.92 Å². The molecule has 0 radical (unpaired) electrons. The van der Waals surface area contributed by atoms with Crippen LogP contribution in [0.25, 0.3) is 11.0 Å². The Balaban J connectivity index is 2.55. The van der Waals surface area contributed by atoms with Gasteiger partial charge in [0, 0.05) is 13.2 Å². The van der Waals surface area contributed by atoms with Gasteiger partial charge in [-0.05, 0) is 31.9 Å². The number of rotatable bonds is 3. The molecule has 5 heteroatoms. The zero-order valence-electron chi connectivity index (χ0n) is 9.50. The molecule has 2 heterocycles. The van der Waals surface area contributed by atoms with Gasteiger partial charge in [-0.15, -0.1) is 0 Å². The third kappa shape index (κ3) is 1.79. The fraction of sp³-hybridized carbons (Fsp3) is 0.455. The van der Waals surface area contributed by atoms with Crippen molar-refractivity contribution >= 4 is 22.6 Å². The summed E-state index contributed by atoms with van der Waals surface area (Å²) in [7, 11) is 1.87. The summed E-state index contributed by atoms with van der Waals surface area (Å²) in [5.74, 6) is 0. The molecule has 2 N–H and O–H groups in total. The minimum absolute atomic E-state index is 0.667. The number of aromatic nitrogens is 3. The van der Waals surface area contributed by atoms with Crippen molar-refractivity contribution in [2.45, 2.75) is 19.8 Å². The smallest absolute Gasteiger partial charge is 0.159 e. The average Bonchev–Trinajstić information content (AvgIpc) is 2.54. The first-order chi connectivity index (χ1) is 7.65. The molecule has 0 atom stereocenters. The third-order valence-electron chi connectivity index (χ3n) is 2.69. The fourth-order valence-electron chi connectivity index (χ4n) is 1.87. The quantitative estimate of drug-likeness (QED) is 0.888. The Bertz CT molecular complexity index is 518. The van der Waals surface area contributed by atoms with Gasteiger partial charge >= 0.3 is 0 Å². The highest BCUT2D eigenvalue weighted by atomic mass is 35.5. The van der Waals surface area contributed by atoms with E-state index in [9.17, 15) is 0 Å². The maximum Gasteiger partial charge on any atom is 0.159 e. The number of nitrogens with two attached hydrogens (primary N) is 1. The molecule has 16 heavy (non-hydrogen) atoms. The Morgan fingerprint density at radius 2 is 2.25 bits per heavy atom. The summed E-state index contributed by atoms with van der Waals surface area (Å²) >= 11 is 6.36. The molecule has 0 spiro atoms. The van der Waals surface area contributed by atoms with Crippen LogP contribution in [0.4, 0.5) is 0 Å². The van der Waals surface area contributed by atoms with Crippen LogP contribution in [-0.2, 0) is 13.5 Å². The second-order valence-corrected chi connectivity index (χ2v) is 4.28. The number of aryl methyl sites for hydroxylation is 3. The van der Waals surface area contributed by atoms with E-state index in [0.29, 0.717) is 6.54 Å². The van der Waals surface area contributed by atoms with E-state index in [2.05, 4.69) is 10.1 Å². The summed E-state index contributed by atoms with van der Waals surface area (Å²) in [6.07, 6.45) is 3.61. The molecule has 0 aliphatic rings. The van der Waals surface area contributed by atoms with Crippen molar-refractivity contribution in [3.8, 4) is 0 Å². The van der Waals surface area contributed by atoms with Gasteiger partial charge in [-0.3, -0.25) is 4.68 Å². The van der Waals surface area contributed by atoms with Gasteiger partial charge in [0.2, 0.25) is 0 Å². The number of halogens is 1. The van der Waals surface area contributed by atoms with Gasteiger partial charge < -0.3 is 5.73 Å². The summed E-state index contributed by atoms with van der Waals surface area (Å²) in [5, 5.41) is 6.04. The molecule has 86 valence electrons. The van der Waals surface area contributed by atoms with E-state index in [1.807, 2.05) is 20.2 Å². The summed E-state index contributed by atoms with van der Waals surface area (Å²) in [4.78, 5) is 4.39. The Labute approximate surface area is 99.4 Å². The highest BCUT2D eigenvalue weighted by Crippen LogP contribution is 2.28. The number of pyridine rings is 1. The molecule has 2 aromatic rings. The Kier molecular flexibility index (Phi) is 3.12. The molecule has 0 aromatic carbocycles. The van der Waals surface area contributed by atoms with E-state index >= 15 is 0 Å². The maximum absolute atomic E-state index is 6.36. The van der Waals surface area contributed by atoms with E-state index < -0.39 is 0 Å². The largest absolute Gasteiger partial charge is 0.330 e. The van der Waals surface area contributed by atoms with E-state index in [1.165, 1.54) is 0 Å². The molecule has 2 rings (SSSR count). The molecular weight excluding hydrogens is 224 g/mol. The number of fused-ring (bicyclic) bond motifs is 1. The molecule has 0 fully saturated rings. The summed E-state index contributed by atoms with van der Waals surface area (Å²) in [6, 6.07) is 0. The van der Waals surface area contributed by atoms with E-state index in [-0.39, 0.29) is 0 Å². The number of hydrogen-bond acceptors (Lipinski definition) is 3. The topological polar surface area (TPSA) is 56.7 Å². The van der Waals surface area contributed by atoms with Crippen molar-refractivity contribution in [3.05, 3.63) is 22.5 Å².